The first kappa shape index (κ1) is 13.3. The van der Waals surface area contributed by atoms with Crippen molar-refractivity contribution in [2.45, 2.75) is 11.4 Å². The van der Waals surface area contributed by atoms with Crippen LogP contribution in [-0.4, -0.2) is 46.4 Å². The van der Waals surface area contributed by atoms with Crippen LogP contribution >= 0.6 is 23.5 Å². The number of rotatable bonds is 3. The van der Waals surface area contributed by atoms with Crippen molar-refractivity contribution in [3.63, 3.8) is 0 Å². The molecule has 0 bridgehead atoms. The van der Waals surface area contributed by atoms with Gasteiger partial charge in [-0.25, -0.2) is 0 Å². The number of benzene rings is 1. The Morgan fingerprint density at radius 2 is 2.11 bits per heavy atom. The standard InChI is InChI=1S/C14H18N2OS2/c17-13-8-15-14(11-4-2-1-3-5-11)16(13)9-12-10-18-6-7-19-12/h1-5,12,14-15H,6-10H2. The quantitative estimate of drug-likeness (QED) is 0.924. The number of amides is 1. The highest BCUT2D eigenvalue weighted by Crippen LogP contribution is 2.29. The number of carbonyl (C=O) groups excluding carboxylic acids is 1. The number of hydrogen-bond donors (Lipinski definition) is 1. The molecule has 1 amide bonds. The molecule has 2 atom stereocenters. The molecule has 3 rings (SSSR count). The number of carbonyl (C=O) groups is 1. The summed E-state index contributed by atoms with van der Waals surface area (Å²) in [7, 11) is 0. The Kier molecular flexibility index (Phi) is 4.35. The van der Waals surface area contributed by atoms with E-state index in [1.54, 1.807) is 0 Å². The van der Waals surface area contributed by atoms with Crippen molar-refractivity contribution in [1.82, 2.24) is 10.2 Å². The van der Waals surface area contributed by atoms with E-state index >= 15 is 0 Å². The second-order valence-electron chi connectivity index (χ2n) is 4.81. The molecule has 2 unspecified atom stereocenters. The third-order valence-corrected chi connectivity index (χ3v) is 6.31. The zero-order valence-electron chi connectivity index (χ0n) is 10.7. The smallest absolute Gasteiger partial charge is 0.238 e. The third kappa shape index (κ3) is 3.09. The fraction of sp³-hybridized carbons (Fsp3) is 0.500. The van der Waals surface area contributed by atoms with E-state index in [-0.39, 0.29) is 12.1 Å². The lowest BCUT2D eigenvalue weighted by molar-refractivity contribution is -0.128. The maximum Gasteiger partial charge on any atom is 0.238 e. The minimum atomic E-state index is 0.0567. The van der Waals surface area contributed by atoms with E-state index in [2.05, 4.69) is 17.4 Å². The first-order valence-electron chi connectivity index (χ1n) is 6.62. The minimum absolute atomic E-state index is 0.0567. The maximum absolute atomic E-state index is 12.1. The lowest BCUT2D eigenvalue weighted by Crippen LogP contribution is -2.37. The molecule has 102 valence electrons. The molecule has 2 aliphatic rings. The maximum atomic E-state index is 12.1. The van der Waals surface area contributed by atoms with E-state index < -0.39 is 0 Å². The second kappa shape index (κ2) is 6.20. The van der Waals surface area contributed by atoms with Gasteiger partial charge in [-0.2, -0.15) is 23.5 Å². The predicted octanol–water partition coefficient (Wildman–Crippen LogP) is 1.97. The molecule has 1 N–H and O–H groups in total. The number of thioether (sulfide) groups is 2. The normalized spacial score (nSPS) is 27.8. The molecular formula is C14H18N2OS2. The Balaban J connectivity index is 1.71. The average molecular weight is 294 g/mol. The SMILES string of the molecule is O=C1CNC(c2ccccc2)N1CC1CSCCS1. The van der Waals surface area contributed by atoms with E-state index in [9.17, 15) is 4.79 Å². The average Bonchev–Trinajstić information content (AvgIpc) is 2.82. The fourth-order valence-corrected chi connectivity index (χ4v) is 5.21. The molecule has 0 radical (unpaired) electrons. The topological polar surface area (TPSA) is 32.3 Å². The summed E-state index contributed by atoms with van der Waals surface area (Å²) in [6, 6.07) is 10.3. The summed E-state index contributed by atoms with van der Waals surface area (Å²) >= 11 is 4.01. The predicted molar refractivity (Wildman–Crippen MR) is 82.5 cm³/mol. The molecule has 0 aromatic heterocycles. The van der Waals surface area contributed by atoms with Crippen LogP contribution in [0.4, 0.5) is 0 Å². The molecule has 2 fully saturated rings. The summed E-state index contributed by atoms with van der Waals surface area (Å²) in [6.45, 7) is 1.33. The van der Waals surface area contributed by atoms with Gasteiger partial charge in [-0.1, -0.05) is 30.3 Å². The Labute approximate surface area is 122 Å². The zero-order chi connectivity index (χ0) is 13.1. The number of nitrogens with one attached hydrogen (secondary N) is 1. The molecule has 2 aliphatic heterocycles. The van der Waals surface area contributed by atoms with Gasteiger partial charge in [0.15, 0.2) is 0 Å². The van der Waals surface area contributed by atoms with E-state index in [0.29, 0.717) is 11.8 Å². The van der Waals surface area contributed by atoms with Crippen LogP contribution in [0.3, 0.4) is 0 Å². The van der Waals surface area contributed by atoms with Gasteiger partial charge >= 0.3 is 0 Å². The Bertz CT molecular complexity index is 434. The van der Waals surface area contributed by atoms with E-state index in [1.165, 1.54) is 17.1 Å². The van der Waals surface area contributed by atoms with E-state index in [1.807, 2.05) is 46.6 Å². The molecule has 0 saturated carbocycles. The van der Waals surface area contributed by atoms with Crippen LogP contribution in [0.25, 0.3) is 0 Å². The molecule has 1 aromatic carbocycles. The van der Waals surface area contributed by atoms with Gasteiger partial charge in [0.1, 0.15) is 6.17 Å². The van der Waals surface area contributed by atoms with Gasteiger partial charge in [0.05, 0.1) is 6.54 Å². The van der Waals surface area contributed by atoms with Crippen LogP contribution in [0.2, 0.25) is 0 Å². The van der Waals surface area contributed by atoms with Crippen molar-refractivity contribution in [3.8, 4) is 0 Å². The molecule has 2 saturated heterocycles. The molecule has 19 heavy (non-hydrogen) atoms. The highest BCUT2D eigenvalue weighted by atomic mass is 32.2. The summed E-state index contributed by atoms with van der Waals surface area (Å²) in [5, 5.41) is 3.90. The van der Waals surface area contributed by atoms with Gasteiger partial charge in [-0.3, -0.25) is 10.1 Å². The van der Waals surface area contributed by atoms with Crippen LogP contribution in [-0.2, 0) is 4.79 Å². The molecule has 2 heterocycles. The van der Waals surface area contributed by atoms with Crippen LogP contribution in [0.5, 0.6) is 0 Å². The van der Waals surface area contributed by atoms with Crippen LogP contribution in [0, 0.1) is 0 Å². The van der Waals surface area contributed by atoms with Crippen molar-refractivity contribution in [1.29, 1.82) is 0 Å². The van der Waals surface area contributed by atoms with Gasteiger partial charge < -0.3 is 4.90 Å². The van der Waals surface area contributed by atoms with Crippen molar-refractivity contribution < 1.29 is 4.79 Å². The molecule has 5 heteroatoms. The van der Waals surface area contributed by atoms with E-state index in [0.717, 1.165) is 12.3 Å². The van der Waals surface area contributed by atoms with Crippen molar-refractivity contribution in [2.75, 3.05) is 30.3 Å². The lowest BCUT2D eigenvalue weighted by atomic mass is 10.1. The second-order valence-corrected chi connectivity index (χ2v) is 7.37. The van der Waals surface area contributed by atoms with Gasteiger partial charge in [0.25, 0.3) is 0 Å². The Morgan fingerprint density at radius 1 is 1.26 bits per heavy atom. The van der Waals surface area contributed by atoms with Gasteiger partial charge in [-0.05, 0) is 5.56 Å². The summed E-state index contributed by atoms with van der Waals surface area (Å²) in [5.41, 5.74) is 1.18. The summed E-state index contributed by atoms with van der Waals surface area (Å²) in [5.74, 6) is 3.84. The van der Waals surface area contributed by atoms with Gasteiger partial charge in [-0.15, -0.1) is 0 Å². The van der Waals surface area contributed by atoms with Crippen molar-refractivity contribution in [2.24, 2.45) is 0 Å². The highest BCUT2D eigenvalue weighted by molar-refractivity contribution is 8.06. The number of hydrogen-bond acceptors (Lipinski definition) is 4. The summed E-state index contributed by atoms with van der Waals surface area (Å²) < 4.78 is 0. The Hall–Kier alpha value is -0.650. The van der Waals surface area contributed by atoms with Crippen molar-refractivity contribution in [3.05, 3.63) is 35.9 Å². The molecule has 0 spiro atoms. The molecule has 0 aliphatic carbocycles. The Morgan fingerprint density at radius 3 is 2.84 bits per heavy atom. The molecule has 3 nitrogen and oxygen atoms in total. The first-order valence-corrected chi connectivity index (χ1v) is 8.82. The summed E-state index contributed by atoms with van der Waals surface area (Å²) in [4.78, 5) is 14.1. The van der Waals surface area contributed by atoms with Crippen molar-refractivity contribution >= 4 is 29.4 Å². The minimum Gasteiger partial charge on any atom is -0.321 e. The van der Waals surface area contributed by atoms with Gasteiger partial charge in [0.2, 0.25) is 5.91 Å². The van der Waals surface area contributed by atoms with Gasteiger partial charge in [0, 0.05) is 29.1 Å². The van der Waals surface area contributed by atoms with Crippen LogP contribution in [0.15, 0.2) is 30.3 Å². The zero-order valence-corrected chi connectivity index (χ0v) is 12.4. The highest BCUT2D eigenvalue weighted by Gasteiger charge is 2.33. The molecular weight excluding hydrogens is 276 g/mol. The van der Waals surface area contributed by atoms with Crippen LogP contribution < -0.4 is 5.32 Å². The summed E-state index contributed by atoms with van der Waals surface area (Å²) in [6.07, 6.45) is 0.0567. The number of nitrogens with zero attached hydrogens (tertiary/aromatic N) is 1. The van der Waals surface area contributed by atoms with Crippen LogP contribution in [0.1, 0.15) is 11.7 Å². The third-order valence-electron chi connectivity index (χ3n) is 3.48. The first-order chi connectivity index (χ1) is 9.34. The fourth-order valence-electron chi connectivity index (χ4n) is 2.54. The lowest BCUT2D eigenvalue weighted by Gasteiger charge is -2.30. The monoisotopic (exact) mass is 294 g/mol. The van der Waals surface area contributed by atoms with E-state index in [4.69, 9.17) is 0 Å². The largest absolute Gasteiger partial charge is 0.321 e. The molecule has 1 aromatic rings.